The Bertz CT molecular complexity index is 1700. The Kier molecular flexibility index (Phi) is 8.39. The SMILES string of the molecule is O=C(NCc1cc(-c2ccc(Cl)cc2Cl)c(-c2ccc(Br)cc2)nc1Cn1ncnn1)c1ccc(C(F)(F)F)cc1. The van der Waals surface area contributed by atoms with Gasteiger partial charge < -0.3 is 5.32 Å². The fourth-order valence-corrected chi connectivity index (χ4v) is 4.88. The average molecular weight is 662 g/mol. The third kappa shape index (κ3) is 6.75. The van der Waals surface area contributed by atoms with E-state index in [1.165, 1.54) is 11.1 Å². The number of halogens is 6. The van der Waals surface area contributed by atoms with Crippen LogP contribution in [-0.2, 0) is 19.3 Å². The van der Waals surface area contributed by atoms with Crippen molar-refractivity contribution in [3.63, 3.8) is 0 Å². The molecule has 208 valence electrons. The molecule has 0 fully saturated rings. The molecular formula is C28H18BrCl2F3N6O. The molecule has 3 aromatic carbocycles. The van der Waals surface area contributed by atoms with Crippen LogP contribution in [-0.4, -0.2) is 31.1 Å². The van der Waals surface area contributed by atoms with Crippen molar-refractivity contribution in [2.75, 3.05) is 0 Å². The molecule has 1 N–H and O–H groups in total. The van der Waals surface area contributed by atoms with Gasteiger partial charge in [-0.2, -0.15) is 18.0 Å². The third-order valence-electron chi connectivity index (χ3n) is 6.13. The summed E-state index contributed by atoms with van der Waals surface area (Å²) in [5, 5.41) is 15.4. The van der Waals surface area contributed by atoms with Gasteiger partial charge in [-0.25, -0.2) is 4.98 Å². The first-order valence-corrected chi connectivity index (χ1v) is 13.5. The molecule has 7 nitrogen and oxygen atoms in total. The van der Waals surface area contributed by atoms with Crippen molar-refractivity contribution in [3.05, 3.63) is 116 Å². The second kappa shape index (κ2) is 12.0. The summed E-state index contributed by atoms with van der Waals surface area (Å²) in [5.74, 6) is -0.549. The van der Waals surface area contributed by atoms with Crippen molar-refractivity contribution in [3.8, 4) is 22.4 Å². The molecule has 0 spiro atoms. The number of hydrogen-bond acceptors (Lipinski definition) is 5. The van der Waals surface area contributed by atoms with Gasteiger partial charge in [-0.05, 0) is 65.4 Å². The Balaban J connectivity index is 1.57. The van der Waals surface area contributed by atoms with Crippen molar-refractivity contribution < 1.29 is 18.0 Å². The second-order valence-electron chi connectivity index (χ2n) is 8.85. The lowest BCUT2D eigenvalue weighted by Crippen LogP contribution is -2.24. The minimum atomic E-state index is -4.50. The number of rotatable bonds is 7. The zero-order chi connectivity index (χ0) is 29.1. The van der Waals surface area contributed by atoms with Crippen LogP contribution in [0, 0.1) is 0 Å². The van der Waals surface area contributed by atoms with Crippen molar-refractivity contribution in [1.82, 2.24) is 30.5 Å². The summed E-state index contributed by atoms with van der Waals surface area (Å²) in [6.07, 6.45) is -3.20. The zero-order valence-corrected chi connectivity index (χ0v) is 23.9. The molecule has 0 unspecified atom stereocenters. The molecule has 0 aliphatic carbocycles. The lowest BCUT2D eigenvalue weighted by molar-refractivity contribution is -0.137. The largest absolute Gasteiger partial charge is 0.416 e. The Morgan fingerprint density at radius 3 is 2.32 bits per heavy atom. The quantitative estimate of drug-likeness (QED) is 0.196. The molecule has 0 aliphatic heterocycles. The van der Waals surface area contributed by atoms with Crippen LogP contribution < -0.4 is 5.32 Å². The monoisotopic (exact) mass is 660 g/mol. The van der Waals surface area contributed by atoms with Gasteiger partial charge >= 0.3 is 6.18 Å². The number of amides is 1. The number of pyridine rings is 1. The van der Waals surface area contributed by atoms with Gasteiger partial charge in [0.05, 0.1) is 17.0 Å². The maximum Gasteiger partial charge on any atom is 0.416 e. The van der Waals surface area contributed by atoms with E-state index in [9.17, 15) is 18.0 Å². The highest BCUT2D eigenvalue weighted by molar-refractivity contribution is 9.10. The summed E-state index contributed by atoms with van der Waals surface area (Å²) in [6.45, 7) is 0.152. The topological polar surface area (TPSA) is 85.6 Å². The van der Waals surface area contributed by atoms with Crippen LogP contribution in [0.5, 0.6) is 0 Å². The predicted octanol–water partition coefficient (Wildman–Crippen LogP) is 7.47. The van der Waals surface area contributed by atoms with E-state index in [-0.39, 0.29) is 18.7 Å². The number of nitrogens with zero attached hydrogens (tertiary/aromatic N) is 5. The minimum absolute atomic E-state index is 0.00964. The van der Waals surface area contributed by atoms with E-state index in [1.807, 2.05) is 30.3 Å². The summed E-state index contributed by atoms with van der Waals surface area (Å²) in [5.41, 5.74) is 3.18. The highest BCUT2D eigenvalue weighted by Gasteiger charge is 2.30. The summed E-state index contributed by atoms with van der Waals surface area (Å²) in [6, 6.07) is 18.6. The Hall–Kier alpha value is -3.80. The minimum Gasteiger partial charge on any atom is -0.348 e. The van der Waals surface area contributed by atoms with E-state index >= 15 is 0 Å². The van der Waals surface area contributed by atoms with E-state index in [0.717, 1.165) is 34.3 Å². The molecule has 0 bridgehead atoms. The number of alkyl halides is 3. The van der Waals surface area contributed by atoms with Gasteiger partial charge in [0.15, 0.2) is 6.33 Å². The van der Waals surface area contributed by atoms with E-state index in [0.29, 0.717) is 38.1 Å². The van der Waals surface area contributed by atoms with Crippen molar-refractivity contribution in [1.29, 1.82) is 0 Å². The maximum atomic E-state index is 13.0. The molecule has 2 aromatic heterocycles. The molecule has 41 heavy (non-hydrogen) atoms. The van der Waals surface area contributed by atoms with Crippen LogP contribution in [0.2, 0.25) is 10.0 Å². The van der Waals surface area contributed by atoms with Crippen molar-refractivity contribution in [2.45, 2.75) is 19.3 Å². The van der Waals surface area contributed by atoms with E-state index in [1.54, 1.807) is 18.2 Å². The molecule has 2 heterocycles. The number of carbonyl (C=O) groups is 1. The molecule has 0 saturated heterocycles. The van der Waals surface area contributed by atoms with Crippen LogP contribution in [0.1, 0.15) is 27.2 Å². The lowest BCUT2D eigenvalue weighted by Gasteiger charge is -2.17. The lowest BCUT2D eigenvalue weighted by atomic mass is 9.96. The van der Waals surface area contributed by atoms with E-state index in [2.05, 4.69) is 36.7 Å². The van der Waals surface area contributed by atoms with Crippen LogP contribution in [0.4, 0.5) is 13.2 Å². The fraction of sp³-hybridized carbons (Fsp3) is 0.107. The van der Waals surface area contributed by atoms with E-state index < -0.39 is 17.6 Å². The van der Waals surface area contributed by atoms with Gasteiger partial charge in [0.25, 0.3) is 5.91 Å². The smallest absolute Gasteiger partial charge is 0.348 e. The molecule has 5 rings (SSSR count). The normalized spacial score (nSPS) is 11.5. The Morgan fingerprint density at radius 1 is 0.951 bits per heavy atom. The van der Waals surface area contributed by atoms with Gasteiger partial charge in [-0.3, -0.25) is 4.79 Å². The van der Waals surface area contributed by atoms with Crippen LogP contribution in [0.15, 0.2) is 83.6 Å². The molecule has 5 aromatic rings. The number of tetrazole rings is 1. The Morgan fingerprint density at radius 2 is 1.68 bits per heavy atom. The summed E-state index contributed by atoms with van der Waals surface area (Å²) in [4.78, 5) is 19.2. The first-order valence-electron chi connectivity index (χ1n) is 12.0. The number of aromatic nitrogens is 5. The first kappa shape index (κ1) is 28.7. The molecular weight excluding hydrogens is 644 g/mol. The van der Waals surface area contributed by atoms with Gasteiger partial charge in [0.1, 0.15) is 6.54 Å². The highest BCUT2D eigenvalue weighted by atomic mass is 79.9. The van der Waals surface area contributed by atoms with Crippen LogP contribution in [0.3, 0.4) is 0 Å². The summed E-state index contributed by atoms with van der Waals surface area (Å²) >= 11 is 16.2. The summed E-state index contributed by atoms with van der Waals surface area (Å²) in [7, 11) is 0. The molecule has 1 amide bonds. The predicted molar refractivity (Wildman–Crippen MR) is 152 cm³/mol. The van der Waals surface area contributed by atoms with Gasteiger partial charge in [-0.1, -0.05) is 57.3 Å². The fourth-order valence-electron chi connectivity index (χ4n) is 4.11. The van der Waals surface area contributed by atoms with Crippen molar-refractivity contribution in [2.24, 2.45) is 0 Å². The first-order chi connectivity index (χ1) is 19.6. The summed E-state index contributed by atoms with van der Waals surface area (Å²) < 4.78 is 39.7. The van der Waals surface area contributed by atoms with Crippen LogP contribution >= 0.6 is 39.1 Å². The second-order valence-corrected chi connectivity index (χ2v) is 10.6. The molecule has 0 atom stereocenters. The van der Waals surface area contributed by atoms with Gasteiger partial charge in [0, 0.05) is 43.3 Å². The highest BCUT2D eigenvalue weighted by Crippen LogP contribution is 2.38. The van der Waals surface area contributed by atoms with Crippen LogP contribution in [0.25, 0.3) is 22.4 Å². The zero-order valence-electron chi connectivity index (χ0n) is 20.8. The van der Waals surface area contributed by atoms with Gasteiger partial charge in [-0.15, -0.1) is 10.2 Å². The van der Waals surface area contributed by atoms with Gasteiger partial charge in [0.2, 0.25) is 0 Å². The Labute approximate surface area is 250 Å². The molecule has 13 heteroatoms. The standard InChI is InChI=1S/C28H18BrCl2F3N6O/c29-20-7-3-16(4-8-20)26-23(22-10-9-21(30)12-24(22)31)11-18(25(38-26)14-40-37-15-36-39-40)13-35-27(41)17-1-5-19(6-2-17)28(32,33)34/h1-12,15H,13-14H2,(H,35,41). The molecule has 0 aliphatic rings. The maximum absolute atomic E-state index is 13.0. The third-order valence-corrected chi connectivity index (χ3v) is 7.20. The number of hydrogen-bond donors (Lipinski definition) is 1. The number of benzene rings is 3. The average Bonchev–Trinajstić information content (AvgIpc) is 3.45. The number of carbonyl (C=O) groups excluding carboxylic acids is 1. The molecule has 0 radical (unpaired) electrons. The van der Waals surface area contributed by atoms with E-state index in [4.69, 9.17) is 28.2 Å². The molecule has 0 saturated carbocycles. The number of nitrogens with one attached hydrogen (secondary N) is 1. The van der Waals surface area contributed by atoms with Crippen molar-refractivity contribution >= 4 is 45.0 Å².